The summed E-state index contributed by atoms with van der Waals surface area (Å²) in [6.07, 6.45) is 0.191. The number of fused-ring (bicyclic) bond motifs is 1. The third-order valence-electron chi connectivity index (χ3n) is 4.60. The van der Waals surface area contributed by atoms with E-state index in [0.29, 0.717) is 20.7 Å². The number of halogens is 1. The first kappa shape index (κ1) is 18.1. The average molecular weight is 371 g/mol. The van der Waals surface area contributed by atoms with Gasteiger partial charge in [0.25, 0.3) is 5.91 Å². The van der Waals surface area contributed by atoms with Crippen LogP contribution in [0.25, 0.3) is 10.1 Å². The Hall–Kier alpha value is -2.73. The van der Waals surface area contributed by atoms with E-state index in [2.05, 4.69) is 5.32 Å². The quantitative estimate of drug-likeness (QED) is 0.695. The zero-order chi connectivity index (χ0) is 18.9. The Balaban J connectivity index is 2.04. The molecule has 0 saturated carbocycles. The summed E-state index contributed by atoms with van der Waals surface area (Å²) in [6.45, 7) is 3.50. The maximum absolute atomic E-state index is 13.5. The van der Waals surface area contributed by atoms with Gasteiger partial charge in [-0.15, -0.1) is 11.3 Å². The molecule has 0 aliphatic carbocycles. The molecule has 0 aliphatic rings. The minimum Gasteiger partial charge on any atom is -0.479 e. The highest BCUT2D eigenvalue weighted by molar-refractivity contribution is 7.21. The number of carboxylic acids is 1. The lowest BCUT2D eigenvalue weighted by molar-refractivity contribution is -0.145. The van der Waals surface area contributed by atoms with Crippen LogP contribution in [0.15, 0.2) is 48.5 Å². The number of benzene rings is 2. The van der Waals surface area contributed by atoms with E-state index in [4.69, 9.17) is 0 Å². The van der Waals surface area contributed by atoms with Crippen molar-refractivity contribution in [3.63, 3.8) is 0 Å². The molecule has 0 aliphatic heterocycles. The van der Waals surface area contributed by atoms with Crippen LogP contribution in [0.3, 0.4) is 0 Å². The third kappa shape index (κ3) is 2.97. The monoisotopic (exact) mass is 371 g/mol. The molecule has 4 nitrogen and oxygen atoms in total. The Bertz CT molecular complexity index is 983. The Morgan fingerprint density at radius 1 is 1.19 bits per heavy atom. The molecule has 0 spiro atoms. The number of carboxylic acid groups (broad SMARTS) is 1. The molecule has 1 heterocycles. The Labute approximate surface area is 154 Å². The van der Waals surface area contributed by atoms with E-state index in [1.807, 2.05) is 0 Å². The molecule has 0 radical (unpaired) electrons. The molecule has 0 fully saturated rings. The van der Waals surface area contributed by atoms with Crippen LogP contribution in [-0.4, -0.2) is 17.0 Å². The molecule has 3 rings (SSSR count). The van der Waals surface area contributed by atoms with E-state index in [0.717, 1.165) is 16.7 Å². The Morgan fingerprint density at radius 2 is 1.88 bits per heavy atom. The number of aryl methyl sites for hydroxylation is 1. The van der Waals surface area contributed by atoms with Gasteiger partial charge in [0.05, 0.1) is 4.88 Å². The van der Waals surface area contributed by atoms with Crippen molar-refractivity contribution in [2.75, 3.05) is 0 Å². The summed E-state index contributed by atoms with van der Waals surface area (Å²) in [5.41, 5.74) is -0.300. The van der Waals surface area contributed by atoms with E-state index >= 15 is 0 Å². The van der Waals surface area contributed by atoms with Crippen LogP contribution in [0.2, 0.25) is 0 Å². The maximum atomic E-state index is 13.5. The van der Waals surface area contributed by atoms with Gasteiger partial charge in [0, 0.05) is 4.70 Å². The third-order valence-corrected chi connectivity index (χ3v) is 5.85. The number of hydrogen-bond donors (Lipinski definition) is 2. The van der Waals surface area contributed by atoms with Crippen LogP contribution in [0.5, 0.6) is 0 Å². The number of hydrogen-bond acceptors (Lipinski definition) is 3. The predicted molar refractivity (Wildman–Crippen MR) is 100 cm³/mol. The van der Waals surface area contributed by atoms with Gasteiger partial charge in [-0.05, 0) is 42.0 Å². The first-order valence-corrected chi connectivity index (χ1v) is 9.00. The molecule has 1 unspecified atom stereocenters. The normalized spacial score (nSPS) is 13.3. The van der Waals surface area contributed by atoms with E-state index in [9.17, 15) is 19.1 Å². The van der Waals surface area contributed by atoms with Crippen molar-refractivity contribution in [3.05, 3.63) is 70.4 Å². The Morgan fingerprint density at radius 3 is 2.50 bits per heavy atom. The average Bonchev–Trinajstić information content (AvgIpc) is 2.96. The van der Waals surface area contributed by atoms with Gasteiger partial charge in [0.2, 0.25) is 0 Å². The van der Waals surface area contributed by atoms with Crippen molar-refractivity contribution >= 4 is 33.3 Å². The molecule has 1 amide bonds. The molecule has 0 bridgehead atoms. The molecular weight excluding hydrogens is 353 g/mol. The highest BCUT2D eigenvalue weighted by Crippen LogP contribution is 2.33. The summed E-state index contributed by atoms with van der Waals surface area (Å²) >= 11 is 1.16. The number of amides is 1. The second-order valence-corrected chi connectivity index (χ2v) is 7.13. The van der Waals surface area contributed by atoms with Crippen LogP contribution in [-0.2, 0) is 10.3 Å². The molecule has 2 N–H and O–H groups in total. The fourth-order valence-electron chi connectivity index (χ4n) is 3.08. The SMILES string of the molecule is CCC(NC(=O)c1sc2cc(F)ccc2c1C)(C(=O)O)c1ccccc1. The summed E-state index contributed by atoms with van der Waals surface area (Å²) in [4.78, 5) is 25.4. The van der Waals surface area contributed by atoms with Gasteiger partial charge < -0.3 is 10.4 Å². The van der Waals surface area contributed by atoms with Gasteiger partial charge in [0.15, 0.2) is 5.54 Å². The number of thiophene rings is 1. The van der Waals surface area contributed by atoms with Gasteiger partial charge in [-0.3, -0.25) is 4.79 Å². The molecule has 2 aromatic carbocycles. The van der Waals surface area contributed by atoms with Crippen molar-refractivity contribution in [2.45, 2.75) is 25.8 Å². The molecule has 1 atom stereocenters. The lowest BCUT2D eigenvalue weighted by atomic mass is 9.87. The summed E-state index contributed by atoms with van der Waals surface area (Å²) in [6, 6.07) is 13.0. The summed E-state index contributed by atoms with van der Waals surface area (Å²) < 4.78 is 14.1. The van der Waals surface area contributed by atoms with Gasteiger partial charge in [-0.25, -0.2) is 9.18 Å². The van der Waals surface area contributed by atoms with Gasteiger partial charge in [-0.1, -0.05) is 43.3 Å². The van der Waals surface area contributed by atoms with E-state index in [1.54, 1.807) is 50.2 Å². The standard InChI is InChI=1S/C20H18FNO3S/c1-3-20(19(24)25,13-7-5-4-6-8-13)22-18(23)17-12(2)15-10-9-14(21)11-16(15)26-17/h4-11H,3H2,1-2H3,(H,22,23)(H,24,25). The van der Waals surface area contributed by atoms with Crippen molar-refractivity contribution < 1.29 is 19.1 Å². The van der Waals surface area contributed by atoms with Crippen molar-refractivity contribution in [1.29, 1.82) is 0 Å². The van der Waals surface area contributed by atoms with E-state index < -0.39 is 17.4 Å². The van der Waals surface area contributed by atoms with Crippen molar-refractivity contribution in [2.24, 2.45) is 0 Å². The topological polar surface area (TPSA) is 66.4 Å². The number of aliphatic carboxylic acids is 1. The fraction of sp³-hybridized carbons (Fsp3) is 0.200. The molecule has 0 saturated heterocycles. The first-order chi connectivity index (χ1) is 12.4. The maximum Gasteiger partial charge on any atom is 0.334 e. The summed E-state index contributed by atoms with van der Waals surface area (Å²) in [7, 11) is 0. The number of nitrogens with one attached hydrogen (secondary N) is 1. The minimum absolute atomic E-state index is 0.191. The number of rotatable bonds is 5. The molecular formula is C20H18FNO3S. The zero-order valence-electron chi connectivity index (χ0n) is 14.4. The highest BCUT2D eigenvalue weighted by atomic mass is 32.1. The second kappa shape index (κ2) is 6.88. The lowest BCUT2D eigenvalue weighted by Crippen LogP contribution is -2.51. The summed E-state index contributed by atoms with van der Waals surface area (Å²) in [5.74, 6) is -1.97. The van der Waals surface area contributed by atoms with Crippen LogP contribution in [0.4, 0.5) is 4.39 Å². The molecule has 6 heteroatoms. The summed E-state index contributed by atoms with van der Waals surface area (Å²) in [5, 5.41) is 13.4. The highest BCUT2D eigenvalue weighted by Gasteiger charge is 2.40. The number of carbonyl (C=O) groups excluding carboxylic acids is 1. The van der Waals surface area contributed by atoms with Crippen LogP contribution in [0.1, 0.15) is 34.1 Å². The lowest BCUT2D eigenvalue weighted by Gasteiger charge is -2.30. The molecule has 3 aromatic rings. The predicted octanol–water partition coefficient (Wildman–Crippen LogP) is 4.47. The van der Waals surface area contributed by atoms with Crippen LogP contribution >= 0.6 is 11.3 Å². The molecule has 1 aromatic heterocycles. The van der Waals surface area contributed by atoms with Gasteiger partial charge >= 0.3 is 5.97 Å². The van der Waals surface area contributed by atoms with Crippen molar-refractivity contribution in [3.8, 4) is 0 Å². The zero-order valence-corrected chi connectivity index (χ0v) is 15.2. The van der Waals surface area contributed by atoms with Crippen LogP contribution < -0.4 is 5.32 Å². The van der Waals surface area contributed by atoms with Gasteiger partial charge in [-0.2, -0.15) is 0 Å². The molecule has 134 valence electrons. The second-order valence-electron chi connectivity index (χ2n) is 6.08. The van der Waals surface area contributed by atoms with Crippen molar-refractivity contribution in [1.82, 2.24) is 5.32 Å². The van der Waals surface area contributed by atoms with E-state index in [1.165, 1.54) is 12.1 Å². The number of carbonyl (C=O) groups is 2. The van der Waals surface area contributed by atoms with E-state index in [-0.39, 0.29) is 12.2 Å². The first-order valence-electron chi connectivity index (χ1n) is 8.19. The largest absolute Gasteiger partial charge is 0.479 e. The molecule has 26 heavy (non-hydrogen) atoms. The smallest absolute Gasteiger partial charge is 0.334 e. The fourth-order valence-corrected chi connectivity index (χ4v) is 4.21. The van der Waals surface area contributed by atoms with Crippen LogP contribution in [0, 0.1) is 12.7 Å². The van der Waals surface area contributed by atoms with Gasteiger partial charge in [0.1, 0.15) is 5.82 Å². The minimum atomic E-state index is -1.52. The Kier molecular flexibility index (Phi) is 4.78.